The summed E-state index contributed by atoms with van der Waals surface area (Å²) in [4.78, 5) is 0. The minimum atomic E-state index is -0.839. The van der Waals surface area contributed by atoms with Gasteiger partial charge in [-0.15, -0.1) is 0 Å². The third kappa shape index (κ3) is 5.90. The van der Waals surface area contributed by atoms with E-state index in [9.17, 15) is 9.50 Å². The van der Waals surface area contributed by atoms with Crippen LogP contribution in [0.15, 0.2) is 67.3 Å². The summed E-state index contributed by atoms with van der Waals surface area (Å²) in [5.41, 5.74) is 2.42. The van der Waals surface area contributed by atoms with E-state index in [2.05, 4.69) is 6.58 Å². The molecule has 1 aliphatic carbocycles. The van der Waals surface area contributed by atoms with Gasteiger partial charge in [-0.2, -0.15) is 0 Å². The van der Waals surface area contributed by atoms with Crippen LogP contribution in [0.1, 0.15) is 55.2 Å². The van der Waals surface area contributed by atoms with E-state index < -0.39 is 17.5 Å². The van der Waals surface area contributed by atoms with Crippen molar-refractivity contribution in [2.45, 2.75) is 44.6 Å². The van der Waals surface area contributed by atoms with Crippen molar-refractivity contribution in [3.63, 3.8) is 0 Å². The van der Waals surface area contributed by atoms with Crippen molar-refractivity contribution in [2.24, 2.45) is 5.92 Å². The highest BCUT2D eigenvalue weighted by molar-refractivity contribution is 5.73. The van der Waals surface area contributed by atoms with Crippen molar-refractivity contribution < 1.29 is 23.0 Å². The Balaban J connectivity index is 1.46. The Morgan fingerprint density at radius 1 is 0.944 bits per heavy atom. The van der Waals surface area contributed by atoms with Crippen molar-refractivity contribution in [2.75, 3.05) is 6.61 Å². The Morgan fingerprint density at radius 2 is 1.67 bits per heavy atom. The summed E-state index contributed by atoms with van der Waals surface area (Å²) >= 11 is 0. The number of ether oxygens (including phenoxy) is 1. The topological polar surface area (TPSA) is 29.5 Å². The van der Waals surface area contributed by atoms with E-state index in [0.29, 0.717) is 29.0 Å². The van der Waals surface area contributed by atoms with Crippen LogP contribution in [0, 0.1) is 23.4 Å². The van der Waals surface area contributed by atoms with Crippen molar-refractivity contribution in [3.05, 3.63) is 101 Å². The molecule has 0 radical (unpaired) electrons. The van der Waals surface area contributed by atoms with Crippen LogP contribution in [0.2, 0.25) is 0 Å². The molecule has 1 unspecified atom stereocenters. The minimum Gasteiger partial charge on any atom is -0.489 e. The van der Waals surface area contributed by atoms with Gasteiger partial charge in [0.05, 0.1) is 6.10 Å². The summed E-state index contributed by atoms with van der Waals surface area (Å²) < 4.78 is 49.7. The number of hydrogen-bond donors (Lipinski definition) is 1. The molecule has 0 saturated heterocycles. The number of rotatable bonds is 8. The standard InChI is InChI=1S/C31H31F3O2/c1-3-18-36-26-15-14-25(29(32)19-26)9-6-21-4-7-23(8-5-21)27-16-17-28(31(34)30(27)33)24-12-10-22(11-13-24)20(2)35/h3-9,14-17,19-20,22,24,35H,1,10-13,18H2,2H3/b9-6+. The highest BCUT2D eigenvalue weighted by atomic mass is 19.2. The molecule has 2 nitrogen and oxygen atoms in total. The highest BCUT2D eigenvalue weighted by Gasteiger charge is 2.28. The van der Waals surface area contributed by atoms with E-state index in [1.807, 2.05) is 0 Å². The first-order valence-electron chi connectivity index (χ1n) is 12.3. The second-order valence-corrected chi connectivity index (χ2v) is 9.42. The number of aliphatic hydroxyl groups excluding tert-OH is 1. The van der Waals surface area contributed by atoms with Crippen LogP contribution in [-0.2, 0) is 0 Å². The Morgan fingerprint density at radius 3 is 2.31 bits per heavy atom. The van der Waals surface area contributed by atoms with Crippen molar-refractivity contribution >= 4 is 12.2 Å². The molecule has 0 heterocycles. The van der Waals surface area contributed by atoms with Crippen molar-refractivity contribution in [3.8, 4) is 16.9 Å². The van der Waals surface area contributed by atoms with Gasteiger partial charge in [-0.25, -0.2) is 13.2 Å². The molecule has 0 amide bonds. The monoisotopic (exact) mass is 492 g/mol. The zero-order valence-electron chi connectivity index (χ0n) is 20.4. The van der Waals surface area contributed by atoms with E-state index in [0.717, 1.165) is 31.2 Å². The molecule has 0 spiro atoms. The first-order valence-corrected chi connectivity index (χ1v) is 12.3. The van der Waals surface area contributed by atoms with Crippen LogP contribution >= 0.6 is 0 Å². The largest absolute Gasteiger partial charge is 0.489 e. The summed E-state index contributed by atoms with van der Waals surface area (Å²) in [6, 6.07) is 15.0. The Kier molecular flexibility index (Phi) is 8.32. The molecule has 1 saturated carbocycles. The first-order chi connectivity index (χ1) is 17.4. The zero-order chi connectivity index (χ0) is 25.7. The predicted octanol–water partition coefficient (Wildman–Crippen LogP) is 8.16. The fourth-order valence-corrected chi connectivity index (χ4v) is 4.86. The summed E-state index contributed by atoms with van der Waals surface area (Å²) in [5.74, 6) is -1.39. The molecule has 4 rings (SSSR count). The van der Waals surface area contributed by atoms with Gasteiger partial charge in [0.25, 0.3) is 0 Å². The van der Waals surface area contributed by atoms with E-state index in [-0.39, 0.29) is 23.5 Å². The molecular weight excluding hydrogens is 461 g/mol. The predicted molar refractivity (Wildman–Crippen MR) is 139 cm³/mol. The van der Waals surface area contributed by atoms with Crippen LogP contribution in [0.4, 0.5) is 13.2 Å². The van der Waals surface area contributed by atoms with Gasteiger partial charge < -0.3 is 9.84 Å². The summed E-state index contributed by atoms with van der Waals surface area (Å²) in [6.07, 6.45) is 7.77. The van der Waals surface area contributed by atoms with Gasteiger partial charge in [-0.1, -0.05) is 61.2 Å². The molecule has 0 aromatic heterocycles. The third-order valence-corrected chi connectivity index (χ3v) is 7.02. The number of hydrogen-bond acceptors (Lipinski definition) is 2. The maximum absolute atomic E-state index is 15.0. The minimum absolute atomic E-state index is 0.0286. The molecular formula is C31H31F3O2. The fraction of sp³-hybridized carbons (Fsp3) is 0.290. The molecule has 1 aliphatic rings. The third-order valence-electron chi connectivity index (χ3n) is 7.02. The first kappa shape index (κ1) is 25.8. The highest BCUT2D eigenvalue weighted by Crippen LogP contribution is 2.39. The summed E-state index contributed by atoms with van der Waals surface area (Å²) in [5, 5.41) is 9.79. The van der Waals surface area contributed by atoms with E-state index in [1.165, 1.54) is 6.07 Å². The SMILES string of the molecule is C=CCOc1ccc(/C=C/c2ccc(-c3ccc(C4CCC(C(C)O)CC4)c(F)c3F)cc2)c(F)c1. The van der Waals surface area contributed by atoms with Gasteiger partial charge >= 0.3 is 0 Å². The summed E-state index contributed by atoms with van der Waals surface area (Å²) in [6.45, 7) is 5.66. The fourth-order valence-electron chi connectivity index (χ4n) is 4.86. The Labute approximate surface area is 210 Å². The summed E-state index contributed by atoms with van der Waals surface area (Å²) in [7, 11) is 0. The zero-order valence-corrected chi connectivity index (χ0v) is 20.4. The quantitative estimate of drug-likeness (QED) is 0.254. The molecule has 36 heavy (non-hydrogen) atoms. The Hall–Kier alpha value is -3.31. The normalized spacial score (nSPS) is 18.8. The van der Waals surface area contributed by atoms with Crippen LogP contribution < -0.4 is 4.74 Å². The van der Waals surface area contributed by atoms with E-state index in [1.54, 1.807) is 73.7 Å². The van der Waals surface area contributed by atoms with E-state index in [4.69, 9.17) is 4.74 Å². The van der Waals surface area contributed by atoms with Gasteiger partial charge in [0, 0.05) is 17.2 Å². The molecule has 3 aromatic rings. The molecule has 1 fully saturated rings. The van der Waals surface area contributed by atoms with Crippen LogP contribution in [0.3, 0.4) is 0 Å². The van der Waals surface area contributed by atoms with E-state index >= 15 is 8.78 Å². The number of benzene rings is 3. The second kappa shape index (κ2) is 11.6. The smallest absolute Gasteiger partial charge is 0.166 e. The molecule has 3 aromatic carbocycles. The second-order valence-electron chi connectivity index (χ2n) is 9.42. The number of halogens is 3. The maximum Gasteiger partial charge on any atom is 0.166 e. The lowest BCUT2D eigenvalue weighted by atomic mass is 9.76. The maximum atomic E-state index is 15.0. The lowest BCUT2D eigenvalue weighted by Gasteiger charge is -2.30. The lowest BCUT2D eigenvalue weighted by molar-refractivity contribution is 0.0964. The molecule has 0 bridgehead atoms. The lowest BCUT2D eigenvalue weighted by Crippen LogP contribution is -2.23. The molecule has 1 atom stereocenters. The molecule has 0 aliphatic heterocycles. The van der Waals surface area contributed by atoms with Crippen molar-refractivity contribution in [1.82, 2.24) is 0 Å². The van der Waals surface area contributed by atoms with Crippen LogP contribution in [0.25, 0.3) is 23.3 Å². The molecule has 5 heteroatoms. The Bertz CT molecular complexity index is 1220. The molecule has 188 valence electrons. The van der Waals surface area contributed by atoms with Gasteiger partial charge in [0.1, 0.15) is 18.2 Å². The van der Waals surface area contributed by atoms with Gasteiger partial charge in [-0.3, -0.25) is 0 Å². The van der Waals surface area contributed by atoms with Gasteiger partial charge in [0.2, 0.25) is 0 Å². The number of aliphatic hydroxyl groups is 1. The van der Waals surface area contributed by atoms with Crippen molar-refractivity contribution in [1.29, 1.82) is 0 Å². The van der Waals surface area contributed by atoms with Crippen LogP contribution in [-0.4, -0.2) is 17.8 Å². The van der Waals surface area contributed by atoms with Gasteiger partial charge in [0.15, 0.2) is 11.6 Å². The molecule has 1 N–H and O–H groups in total. The average molecular weight is 493 g/mol. The average Bonchev–Trinajstić information content (AvgIpc) is 2.89. The van der Waals surface area contributed by atoms with Gasteiger partial charge in [-0.05, 0) is 73.3 Å². The van der Waals surface area contributed by atoms with Crippen LogP contribution in [0.5, 0.6) is 5.75 Å².